The van der Waals surface area contributed by atoms with Gasteiger partial charge in [-0.1, -0.05) is 15.9 Å². The van der Waals surface area contributed by atoms with Crippen LogP contribution in [0.4, 0.5) is 4.39 Å². The van der Waals surface area contributed by atoms with Crippen LogP contribution in [0.2, 0.25) is 0 Å². The molecule has 98 valence electrons. The summed E-state index contributed by atoms with van der Waals surface area (Å²) in [5.74, 6) is -0.724. The van der Waals surface area contributed by atoms with Gasteiger partial charge in [0.25, 0.3) is 5.91 Å². The van der Waals surface area contributed by atoms with Gasteiger partial charge in [0.15, 0.2) is 0 Å². The van der Waals surface area contributed by atoms with Gasteiger partial charge in [-0.25, -0.2) is 4.39 Å². The third kappa shape index (κ3) is 2.90. The van der Waals surface area contributed by atoms with Crippen LogP contribution in [0.25, 0.3) is 0 Å². The van der Waals surface area contributed by atoms with E-state index in [9.17, 15) is 9.18 Å². The third-order valence-electron chi connectivity index (χ3n) is 3.22. The molecule has 0 saturated carbocycles. The van der Waals surface area contributed by atoms with Gasteiger partial charge in [-0.3, -0.25) is 4.79 Å². The summed E-state index contributed by atoms with van der Waals surface area (Å²) in [5.41, 5.74) is 0.133. The van der Waals surface area contributed by atoms with E-state index in [0.717, 1.165) is 12.8 Å². The molecule has 0 bridgehead atoms. The highest BCUT2D eigenvalue weighted by molar-refractivity contribution is 9.10. The van der Waals surface area contributed by atoms with Crippen molar-refractivity contribution in [1.82, 2.24) is 4.90 Å². The normalized spacial score (nSPS) is 16.9. The molecule has 3 nitrogen and oxygen atoms in total. The molecule has 1 aliphatic rings. The Morgan fingerprint density at radius 1 is 1.44 bits per heavy atom. The summed E-state index contributed by atoms with van der Waals surface area (Å²) in [6, 6.07) is 4.51. The van der Waals surface area contributed by atoms with Crippen LogP contribution in [0.3, 0.4) is 0 Å². The zero-order valence-corrected chi connectivity index (χ0v) is 11.7. The molecule has 2 rings (SSSR count). The molecule has 1 fully saturated rings. The van der Waals surface area contributed by atoms with Crippen LogP contribution in [0, 0.1) is 5.82 Å². The summed E-state index contributed by atoms with van der Waals surface area (Å²) in [6.45, 7) is 1.24. The lowest BCUT2D eigenvalue weighted by atomic mass is 10.1. The van der Waals surface area contributed by atoms with Crippen LogP contribution in [0.15, 0.2) is 22.7 Å². The predicted molar refractivity (Wildman–Crippen MR) is 70.0 cm³/mol. The van der Waals surface area contributed by atoms with E-state index in [4.69, 9.17) is 4.74 Å². The minimum atomic E-state index is -0.483. The average molecular weight is 316 g/mol. The lowest BCUT2D eigenvalue weighted by molar-refractivity contribution is 0.0348. The molecular weight excluding hydrogens is 301 g/mol. The molecule has 0 radical (unpaired) electrons. The molecular formula is C13H15BrFNO2. The Morgan fingerprint density at radius 3 is 2.67 bits per heavy atom. The minimum absolute atomic E-state index is 0.133. The van der Waals surface area contributed by atoms with E-state index >= 15 is 0 Å². The second kappa shape index (κ2) is 5.80. The number of carbonyl (C=O) groups excluding carboxylic acids is 1. The fraction of sp³-hybridized carbons (Fsp3) is 0.462. The molecule has 5 heteroatoms. The number of ether oxygens (including phenoxy) is 1. The van der Waals surface area contributed by atoms with E-state index in [0.29, 0.717) is 17.6 Å². The summed E-state index contributed by atoms with van der Waals surface area (Å²) in [6.07, 6.45) is 1.82. The maximum absolute atomic E-state index is 13.7. The molecule has 1 heterocycles. The van der Waals surface area contributed by atoms with Gasteiger partial charge in [0.2, 0.25) is 0 Å². The first-order valence-corrected chi connectivity index (χ1v) is 6.68. The van der Waals surface area contributed by atoms with E-state index in [2.05, 4.69) is 15.9 Å². The smallest absolute Gasteiger partial charge is 0.256 e. The van der Waals surface area contributed by atoms with E-state index in [1.54, 1.807) is 18.1 Å². The highest BCUT2D eigenvalue weighted by Gasteiger charge is 2.24. The van der Waals surface area contributed by atoms with Crippen LogP contribution in [0.5, 0.6) is 0 Å². The SMILES string of the molecule is COC1CCN(C(=O)c2ccc(Br)cc2F)CC1. The number of halogens is 2. The molecule has 0 N–H and O–H groups in total. The molecule has 1 saturated heterocycles. The highest BCUT2D eigenvalue weighted by Crippen LogP contribution is 2.20. The number of piperidine rings is 1. The topological polar surface area (TPSA) is 29.5 Å². The maximum Gasteiger partial charge on any atom is 0.256 e. The molecule has 0 aromatic heterocycles. The zero-order chi connectivity index (χ0) is 13.1. The standard InChI is InChI=1S/C13H15BrFNO2/c1-18-10-4-6-16(7-5-10)13(17)11-3-2-9(14)8-12(11)15/h2-3,8,10H,4-7H2,1H3. The van der Waals surface area contributed by atoms with Crippen molar-refractivity contribution in [3.63, 3.8) is 0 Å². The zero-order valence-electron chi connectivity index (χ0n) is 10.2. The quantitative estimate of drug-likeness (QED) is 0.840. The summed E-state index contributed by atoms with van der Waals surface area (Å²) < 4.78 is 19.6. The number of methoxy groups -OCH3 is 1. The van der Waals surface area contributed by atoms with Crippen molar-refractivity contribution in [1.29, 1.82) is 0 Å². The Morgan fingerprint density at radius 2 is 2.11 bits per heavy atom. The van der Waals surface area contributed by atoms with Crippen molar-refractivity contribution >= 4 is 21.8 Å². The molecule has 0 spiro atoms. The summed E-state index contributed by atoms with van der Waals surface area (Å²) in [7, 11) is 1.68. The number of nitrogens with zero attached hydrogens (tertiary/aromatic N) is 1. The number of hydrogen-bond donors (Lipinski definition) is 0. The van der Waals surface area contributed by atoms with Gasteiger partial charge in [-0.05, 0) is 31.0 Å². The van der Waals surface area contributed by atoms with E-state index < -0.39 is 5.82 Å². The Balaban J connectivity index is 2.08. The van der Waals surface area contributed by atoms with Crippen molar-refractivity contribution in [2.24, 2.45) is 0 Å². The van der Waals surface area contributed by atoms with Crippen LogP contribution >= 0.6 is 15.9 Å². The number of carbonyl (C=O) groups is 1. The Kier molecular flexibility index (Phi) is 4.35. The first-order valence-electron chi connectivity index (χ1n) is 5.89. The van der Waals surface area contributed by atoms with Crippen LogP contribution in [-0.4, -0.2) is 37.1 Å². The van der Waals surface area contributed by atoms with Gasteiger partial charge in [0.05, 0.1) is 11.7 Å². The van der Waals surface area contributed by atoms with Crippen molar-refractivity contribution in [2.75, 3.05) is 20.2 Å². The molecule has 1 aliphatic heterocycles. The van der Waals surface area contributed by atoms with Crippen molar-refractivity contribution in [3.8, 4) is 0 Å². The number of amides is 1. The minimum Gasteiger partial charge on any atom is -0.381 e. The van der Waals surface area contributed by atoms with E-state index in [1.165, 1.54) is 12.1 Å². The molecule has 0 unspecified atom stereocenters. The molecule has 0 aliphatic carbocycles. The first kappa shape index (κ1) is 13.5. The lowest BCUT2D eigenvalue weighted by Crippen LogP contribution is -2.40. The van der Waals surface area contributed by atoms with Crippen LogP contribution in [-0.2, 0) is 4.74 Å². The van der Waals surface area contributed by atoms with Gasteiger partial charge in [0.1, 0.15) is 5.82 Å². The van der Waals surface area contributed by atoms with Crippen LogP contribution in [0.1, 0.15) is 23.2 Å². The van der Waals surface area contributed by atoms with Gasteiger partial charge in [-0.2, -0.15) is 0 Å². The predicted octanol–water partition coefficient (Wildman–Crippen LogP) is 2.84. The number of rotatable bonds is 2. The summed E-state index contributed by atoms with van der Waals surface area (Å²) in [4.78, 5) is 13.8. The number of likely N-dealkylation sites (tertiary alicyclic amines) is 1. The maximum atomic E-state index is 13.7. The van der Waals surface area contributed by atoms with Crippen molar-refractivity contribution < 1.29 is 13.9 Å². The molecule has 18 heavy (non-hydrogen) atoms. The molecule has 1 amide bonds. The highest BCUT2D eigenvalue weighted by atomic mass is 79.9. The summed E-state index contributed by atoms with van der Waals surface area (Å²) in [5, 5.41) is 0. The Hall–Kier alpha value is -0.940. The van der Waals surface area contributed by atoms with E-state index in [-0.39, 0.29) is 17.6 Å². The fourth-order valence-electron chi connectivity index (χ4n) is 2.13. The van der Waals surface area contributed by atoms with Gasteiger partial charge in [0, 0.05) is 24.7 Å². The summed E-state index contributed by atoms with van der Waals surface area (Å²) >= 11 is 3.18. The lowest BCUT2D eigenvalue weighted by Gasteiger charge is -2.31. The number of hydrogen-bond acceptors (Lipinski definition) is 2. The van der Waals surface area contributed by atoms with Crippen molar-refractivity contribution in [2.45, 2.75) is 18.9 Å². The second-order valence-corrected chi connectivity index (χ2v) is 5.27. The van der Waals surface area contributed by atoms with Crippen LogP contribution < -0.4 is 0 Å². The van der Waals surface area contributed by atoms with Gasteiger partial charge < -0.3 is 9.64 Å². The Bertz CT molecular complexity index is 445. The molecule has 1 aromatic rings. The first-order chi connectivity index (χ1) is 8.61. The molecule has 1 aromatic carbocycles. The van der Waals surface area contributed by atoms with Gasteiger partial charge >= 0.3 is 0 Å². The average Bonchev–Trinajstić information content (AvgIpc) is 2.38. The second-order valence-electron chi connectivity index (χ2n) is 4.35. The Labute approximate surface area is 114 Å². The largest absolute Gasteiger partial charge is 0.381 e. The van der Waals surface area contributed by atoms with E-state index in [1.807, 2.05) is 0 Å². The third-order valence-corrected chi connectivity index (χ3v) is 3.72. The fourth-order valence-corrected chi connectivity index (χ4v) is 2.46. The monoisotopic (exact) mass is 315 g/mol. The number of benzene rings is 1. The molecule has 0 atom stereocenters. The van der Waals surface area contributed by atoms with Gasteiger partial charge in [-0.15, -0.1) is 0 Å². The van der Waals surface area contributed by atoms with Crippen molar-refractivity contribution in [3.05, 3.63) is 34.1 Å².